The predicted octanol–water partition coefficient (Wildman–Crippen LogP) is 1.79. The van der Waals surface area contributed by atoms with Gasteiger partial charge in [0, 0.05) is 7.05 Å². The lowest BCUT2D eigenvalue weighted by Crippen LogP contribution is -2.13. The van der Waals surface area contributed by atoms with E-state index < -0.39 is 23.9 Å². The van der Waals surface area contributed by atoms with Crippen molar-refractivity contribution >= 4 is 11.9 Å². The maximum absolute atomic E-state index is 12.5. The number of aryl methyl sites for hydroxylation is 1. The third-order valence-electron chi connectivity index (χ3n) is 2.39. The number of para-hydroxylation sites is 1. The molecule has 0 aliphatic heterocycles. The molecule has 0 atom stereocenters. The molecule has 0 unspecified atom stereocenters. The van der Waals surface area contributed by atoms with Crippen LogP contribution in [0, 0.1) is 0 Å². The smallest absolute Gasteiger partial charge is 0.451 e. The molecule has 106 valence electrons. The van der Waals surface area contributed by atoms with Crippen LogP contribution in [0.25, 0.3) is 0 Å². The van der Waals surface area contributed by atoms with Crippen molar-refractivity contribution in [3.8, 4) is 5.75 Å². The van der Waals surface area contributed by atoms with Crippen LogP contribution in [0.1, 0.15) is 16.2 Å². The Bertz CT molecular complexity index is 651. The van der Waals surface area contributed by atoms with Gasteiger partial charge in [0.05, 0.1) is 5.56 Å². The lowest BCUT2D eigenvalue weighted by atomic mass is 10.2. The summed E-state index contributed by atoms with van der Waals surface area (Å²) in [7, 11) is 1.06. The van der Waals surface area contributed by atoms with Crippen molar-refractivity contribution in [1.82, 2.24) is 14.8 Å². The molecule has 6 nitrogen and oxygen atoms in total. The number of phenolic OH excluding ortho intramolecular Hbond substituents is 1. The molecular formula is C11H9F3N4O2. The Morgan fingerprint density at radius 1 is 1.35 bits per heavy atom. The average Bonchev–Trinajstić information content (AvgIpc) is 2.70. The Hall–Kier alpha value is -2.58. The molecule has 20 heavy (non-hydrogen) atoms. The number of carbonyl (C=O) groups excluding carboxylic acids is 1. The Morgan fingerprint density at radius 3 is 2.55 bits per heavy atom. The lowest BCUT2D eigenvalue weighted by molar-refractivity contribution is -0.147. The number of halogens is 3. The number of anilines is 1. The second kappa shape index (κ2) is 4.83. The summed E-state index contributed by atoms with van der Waals surface area (Å²) in [6.07, 6.45) is -4.67. The summed E-state index contributed by atoms with van der Waals surface area (Å²) in [5.74, 6) is -2.82. The number of hydrogen-bond acceptors (Lipinski definition) is 4. The van der Waals surface area contributed by atoms with Crippen LogP contribution in [0.5, 0.6) is 5.75 Å². The van der Waals surface area contributed by atoms with Crippen molar-refractivity contribution in [3.05, 3.63) is 35.7 Å². The zero-order valence-electron chi connectivity index (χ0n) is 10.1. The van der Waals surface area contributed by atoms with Crippen LogP contribution in [-0.2, 0) is 13.2 Å². The topological polar surface area (TPSA) is 80.0 Å². The summed E-state index contributed by atoms with van der Waals surface area (Å²) in [4.78, 5) is 15.0. The molecule has 2 rings (SSSR count). The number of benzene rings is 1. The third-order valence-corrected chi connectivity index (χ3v) is 2.39. The molecule has 0 radical (unpaired) electrons. The van der Waals surface area contributed by atoms with Gasteiger partial charge in [0.25, 0.3) is 5.91 Å². The second-order valence-electron chi connectivity index (χ2n) is 3.85. The van der Waals surface area contributed by atoms with Gasteiger partial charge in [0.2, 0.25) is 11.8 Å². The zero-order chi connectivity index (χ0) is 14.9. The van der Waals surface area contributed by atoms with Gasteiger partial charge < -0.3 is 5.11 Å². The van der Waals surface area contributed by atoms with E-state index in [0.717, 1.165) is 7.05 Å². The minimum atomic E-state index is -4.67. The van der Waals surface area contributed by atoms with Crippen molar-refractivity contribution in [2.75, 3.05) is 5.32 Å². The van der Waals surface area contributed by atoms with E-state index >= 15 is 0 Å². The monoisotopic (exact) mass is 286 g/mol. The van der Waals surface area contributed by atoms with E-state index in [0.29, 0.717) is 4.68 Å². The van der Waals surface area contributed by atoms with Crippen molar-refractivity contribution in [1.29, 1.82) is 0 Å². The van der Waals surface area contributed by atoms with Crippen LogP contribution >= 0.6 is 0 Å². The molecule has 0 fully saturated rings. The zero-order valence-corrected chi connectivity index (χ0v) is 10.1. The maximum Gasteiger partial charge on any atom is 0.451 e. The van der Waals surface area contributed by atoms with E-state index in [9.17, 15) is 23.1 Å². The van der Waals surface area contributed by atoms with Crippen molar-refractivity contribution in [3.63, 3.8) is 0 Å². The Morgan fingerprint density at radius 2 is 2.00 bits per heavy atom. The first-order valence-corrected chi connectivity index (χ1v) is 5.36. The van der Waals surface area contributed by atoms with Gasteiger partial charge in [-0.15, -0.1) is 5.10 Å². The van der Waals surface area contributed by atoms with Crippen LogP contribution < -0.4 is 5.32 Å². The molecule has 0 aliphatic rings. The molecule has 2 aromatic rings. The highest BCUT2D eigenvalue weighted by molar-refractivity contribution is 6.05. The van der Waals surface area contributed by atoms with Crippen LogP contribution in [-0.4, -0.2) is 25.8 Å². The Labute approximate surface area is 110 Å². The summed E-state index contributed by atoms with van der Waals surface area (Å²) < 4.78 is 38.0. The molecule has 2 N–H and O–H groups in total. The highest BCUT2D eigenvalue weighted by Crippen LogP contribution is 2.28. The molecule has 1 aromatic carbocycles. The van der Waals surface area contributed by atoms with Gasteiger partial charge in [-0.1, -0.05) is 12.1 Å². The van der Waals surface area contributed by atoms with E-state index in [2.05, 4.69) is 15.4 Å². The molecule has 0 saturated carbocycles. The van der Waals surface area contributed by atoms with E-state index in [-0.39, 0.29) is 11.3 Å². The molecule has 1 aromatic heterocycles. The lowest BCUT2D eigenvalue weighted by Gasteiger charge is -2.03. The fourth-order valence-corrected chi connectivity index (χ4v) is 1.52. The summed E-state index contributed by atoms with van der Waals surface area (Å²) in [6.45, 7) is 0. The van der Waals surface area contributed by atoms with E-state index in [4.69, 9.17) is 0 Å². The first kappa shape index (κ1) is 13.8. The molecular weight excluding hydrogens is 277 g/mol. The summed E-state index contributed by atoms with van der Waals surface area (Å²) >= 11 is 0. The van der Waals surface area contributed by atoms with Gasteiger partial charge in [0.15, 0.2) is 0 Å². The molecule has 0 spiro atoms. The maximum atomic E-state index is 12.5. The highest BCUT2D eigenvalue weighted by Gasteiger charge is 2.37. The van der Waals surface area contributed by atoms with Crippen molar-refractivity contribution in [2.45, 2.75) is 6.18 Å². The first-order chi connectivity index (χ1) is 9.29. The van der Waals surface area contributed by atoms with Crippen LogP contribution in [0.3, 0.4) is 0 Å². The number of rotatable bonds is 2. The minimum absolute atomic E-state index is 0.0893. The Kier molecular flexibility index (Phi) is 3.35. The number of amides is 1. The molecule has 9 heteroatoms. The van der Waals surface area contributed by atoms with Crippen molar-refractivity contribution < 1.29 is 23.1 Å². The number of carbonyl (C=O) groups is 1. The summed E-state index contributed by atoms with van der Waals surface area (Å²) in [6, 6.07) is 5.61. The second-order valence-corrected chi connectivity index (χ2v) is 3.85. The standard InChI is InChI=1S/C11H9F3N4O2/c1-18-9(11(12,13)14)16-10(17-18)15-8(20)6-4-2-3-5-7(6)19/h2-5,19H,1H3,(H,15,17,20). The van der Waals surface area contributed by atoms with E-state index in [1.807, 2.05) is 0 Å². The summed E-state index contributed by atoms with van der Waals surface area (Å²) in [5, 5.41) is 15.0. The summed E-state index contributed by atoms with van der Waals surface area (Å²) in [5.41, 5.74) is -0.0893. The number of alkyl halides is 3. The van der Waals surface area contributed by atoms with E-state index in [1.54, 1.807) is 0 Å². The SMILES string of the molecule is Cn1nc(NC(=O)c2ccccc2O)nc1C(F)(F)F. The number of aromatic nitrogens is 3. The Balaban J connectivity index is 2.23. The quantitative estimate of drug-likeness (QED) is 0.882. The van der Waals surface area contributed by atoms with E-state index in [1.165, 1.54) is 24.3 Å². The molecule has 1 amide bonds. The number of nitrogens with one attached hydrogen (secondary N) is 1. The highest BCUT2D eigenvalue weighted by atomic mass is 19.4. The average molecular weight is 286 g/mol. The number of nitrogens with zero attached hydrogens (tertiary/aromatic N) is 3. The van der Waals surface area contributed by atoms with Gasteiger partial charge in [-0.25, -0.2) is 4.68 Å². The number of hydrogen-bond donors (Lipinski definition) is 2. The normalized spacial score (nSPS) is 11.4. The van der Waals surface area contributed by atoms with Gasteiger partial charge >= 0.3 is 6.18 Å². The molecule has 0 bridgehead atoms. The van der Waals surface area contributed by atoms with Gasteiger partial charge in [0.1, 0.15) is 5.75 Å². The van der Waals surface area contributed by atoms with Gasteiger partial charge in [-0.05, 0) is 12.1 Å². The fraction of sp³-hybridized carbons (Fsp3) is 0.182. The number of aromatic hydroxyl groups is 1. The first-order valence-electron chi connectivity index (χ1n) is 5.36. The van der Waals surface area contributed by atoms with Crippen LogP contribution in [0.2, 0.25) is 0 Å². The predicted molar refractivity (Wildman–Crippen MR) is 62.1 cm³/mol. The van der Waals surface area contributed by atoms with Crippen LogP contribution in [0.4, 0.5) is 19.1 Å². The number of phenols is 1. The third kappa shape index (κ3) is 2.71. The molecule has 0 aliphatic carbocycles. The van der Waals surface area contributed by atoms with Gasteiger partial charge in [-0.2, -0.15) is 18.2 Å². The molecule has 1 heterocycles. The van der Waals surface area contributed by atoms with Gasteiger partial charge in [-0.3, -0.25) is 10.1 Å². The molecule has 0 saturated heterocycles. The minimum Gasteiger partial charge on any atom is -0.507 e. The largest absolute Gasteiger partial charge is 0.507 e. The van der Waals surface area contributed by atoms with Crippen molar-refractivity contribution in [2.24, 2.45) is 7.05 Å². The van der Waals surface area contributed by atoms with Crippen LogP contribution in [0.15, 0.2) is 24.3 Å². The fourth-order valence-electron chi connectivity index (χ4n) is 1.52.